The van der Waals surface area contributed by atoms with Gasteiger partial charge in [-0.1, -0.05) is 27.7 Å². The SMILES string of the molecule is COCC[C@]1(C)C[C@@H](O)[C@@]2(C)C3[C@H](OC)CCC3(CC[C@H]2C)[C@@H](C)C1=O. The molecule has 3 aliphatic carbocycles. The third-order valence-electron chi connectivity index (χ3n) is 9.03. The molecular weight excluding hydrogens is 328 g/mol. The van der Waals surface area contributed by atoms with Crippen LogP contribution in [0.3, 0.4) is 0 Å². The molecule has 3 saturated carbocycles. The number of hydrogen-bond acceptors (Lipinski definition) is 4. The highest BCUT2D eigenvalue weighted by Crippen LogP contribution is 2.68. The second kappa shape index (κ2) is 6.86. The number of Topliss-reactive ketones (excluding diaryl/α,β-unsaturated/α-hetero) is 1. The van der Waals surface area contributed by atoms with E-state index in [9.17, 15) is 9.90 Å². The van der Waals surface area contributed by atoms with E-state index in [1.165, 1.54) is 0 Å². The normalized spacial score (nSPS) is 51.7. The highest BCUT2D eigenvalue weighted by Gasteiger charge is 2.67. The summed E-state index contributed by atoms with van der Waals surface area (Å²) in [5, 5.41) is 11.5. The molecule has 0 aromatic heterocycles. The standard InChI is InChI=1S/C22H38O4/c1-14-7-9-22-10-8-16(26-6)18(22)21(14,4)17(23)13-20(3,11-12-25-5)19(24)15(22)2/h14-18,23H,7-13H2,1-6H3/t14-,15+,16-,17-,18?,20-,21+,22?/m1/s1. The number of ether oxygens (including phenoxy) is 2. The van der Waals surface area contributed by atoms with Gasteiger partial charge in [-0.2, -0.15) is 0 Å². The van der Waals surface area contributed by atoms with Gasteiger partial charge in [-0.3, -0.25) is 4.79 Å². The van der Waals surface area contributed by atoms with E-state index in [1.807, 2.05) is 0 Å². The summed E-state index contributed by atoms with van der Waals surface area (Å²) in [7, 11) is 3.48. The molecular formula is C22H38O4. The smallest absolute Gasteiger partial charge is 0.142 e. The van der Waals surface area contributed by atoms with Crippen LogP contribution in [0.5, 0.6) is 0 Å². The summed E-state index contributed by atoms with van der Waals surface area (Å²) < 4.78 is 11.2. The molecule has 0 amide bonds. The molecule has 0 aliphatic heterocycles. The van der Waals surface area contributed by atoms with Gasteiger partial charge in [0.05, 0.1) is 12.2 Å². The van der Waals surface area contributed by atoms with E-state index in [0.717, 1.165) is 25.7 Å². The number of rotatable bonds is 4. The van der Waals surface area contributed by atoms with Crippen LogP contribution in [-0.4, -0.2) is 43.9 Å². The monoisotopic (exact) mass is 366 g/mol. The van der Waals surface area contributed by atoms with Crippen molar-refractivity contribution in [2.45, 2.75) is 78.4 Å². The molecule has 0 aromatic carbocycles. The van der Waals surface area contributed by atoms with E-state index in [2.05, 4.69) is 27.7 Å². The van der Waals surface area contributed by atoms with Gasteiger partial charge in [-0.15, -0.1) is 0 Å². The second-order valence-electron chi connectivity index (χ2n) is 9.94. The molecule has 26 heavy (non-hydrogen) atoms. The largest absolute Gasteiger partial charge is 0.393 e. The lowest BCUT2D eigenvalue weighted by atomic mass is 9.44. The zero-order valence-corrected chi connectivity index (χ0v) is 17.5. The van der Waals surface area contributed by atoms with Crippen molar-refractivity contribution in [2.75, 3.05) is 20.8 Å². The van der Waals surface area contributed by atoms with Crippen LogP contribution in [0.4, 0.5) is 0 Å². The molecule has 0 spiro atoms. The summed E-state index contributed by atoms with van der Waals surface area (Å²) in [4.78, 5) is 13.7. The van der Waals surface area contributed by atoms with Crippen LogP contribution in [0.25, 0.3) is 0 Å². The molecule has 0 aromatic rings. The predicted octanol–water partition coefficient (Wildman–Crippen LogP) is 3.85. The Balaban J connectivity index is 2.12. The molecule has 4 nitrogen and oxygen atoms in total. The summed E-state index contributed by atoms with van der Waals surface area (Å²) in [6, 6.07) is 0. The topological polar surface area (TPSA) is 55.8 Å². The van der Waals surface area contributed by atoms with Crippen molar-refractivity contribution in [3.8, 4) is 0 Å². The maximum atomic E-state index is 13.7. The lowest BCUT2D eigenvalue weighted by Gasteiger charge is -2.61. The van der Waals surface area contributed by atoms with E-state index in [1.54, 1.807) is 14.2 Å². The Morgan fingerprint density at radius 1 is 1.15 bits per heavy atom. The molecule has 2 bridgehead atoms. The number of hydrogen-bond donors (Lipinski definition) is 1. The molecule has 3 fully saturated rings. The summed E-state index contributed by atoms with van der Waals surface area (Å²) in [5.41, 5.74) is -0.760. The Labute approximate surface area is 159 Å². The summed E-state index contributed by atoms with van der Waals surface area (Å²) in [6.45, 7) is 9.34. The third-order valence-corrected chi connectivity index (χ3v) is 9.03. The van der Waals surface area contributed by atoms with Gasteiger partial charge >= 0.3 is 0 Å². The van der Waals surface area contributed by atoms with Crippen molar-refractivity contribution >= 4 is 5.78 Å². The predicted molar refractivity (Wildman–Crippen MR) is 102 cm³/mol. The lowest BCUT2D eigenvalue weighted by Crippen LogP contribution is -2.62. The molecule has 3 rings (SSSR count). The first-order valence-electron chi connectivity index (χ1n) is 10.4. The second-order valence-corrected chi connectivity index (χ2v) is 9.94. The highest BCUT2D eigenvalue weighted by molar-refractivity contribution is 5.87. The molecule has 1 N–H and O–H groups in total. The minimum atomic E-state index is -0.518. The Morgan fingerprint density at radius 3 is 2.42 bits per heavy atom. The van der Waals surface area contributed by atoms with Crippen molar-refractivity contribution in [1.82, 2.24) is 0 Å². The van der Waals surface area contributed by atoms with Crippen LogP contribution in [-0.2, 0) is 14.3 Å². The first-order chi connectivity index (χ1) is 12.2. The van der Waals surface area contributed by atoms with Gasteiger partial charge in [0.15, 0.2) is 0 Å². The minimum Gasteiger partial charge on any atom is -0.393 e. The number of methoxy groups -OCH3 is 2. The van der Waals surface area contributed by atoms with Crippen molar-refractivity contribution in [2.24, 2.45) is 34.0 Å². The van der Waals surface area contributed by atoms with Gasteiger partial charge < -0.3 is 14.6 Å². The van der Waals surface area contributed by atoms with Gasteiger partial charge in [0.1, 0.15) is 5.78 Å². The molecule has 0 heterocycles. The van der Waals surface area contributed by atoms with Gasteiger partial charge in [-0.25, -0.2) is 0 Å². The van der Waals surface area contributed by atoms with E-state index < -0.39 is 11.5 Å². The van der Waals surface area contributed by atoms with Crippen LogP contribution < -0.4 is 0 Å². The fourth-order valence-corrected chi connectivity index (χ4v) is 7.08. The maximum Gasteiger partial charge on any atom is 0.142 e. The molecule has 0 saturated heterocycles. The van der Waals surface area contributed by atoms with E-state index in [0.29, 0.717) is 31.1 Å². The molecule has 0 radical (unpaired) electrons. The maximum absolute atomic E-state index is 13.7. The number of carbonyl (C=O) groups excluding carboxylic acids is 1. The van der Waals surface area contributed by atoms with Crippen molar-refractivity contribution in [1.29, 1.82) is 0 Å². The average molecular weight is 367 g/mol. The molecule has 3 aliphatic rings. The molecule has 4 heteroatoms. The number of aliphatic hydroxyl groups is 1. The zero-order valence-electron chi connectivity index (χ0n) is 17.5. The van der Waals surface area contributed by atoms with Crippen LogP contribution in [0.2, 0.25) is 0 Å². The summed E-state index contributed by atoms with van der Waals surface area (Å²) in [5.74, 6) is 1.02. The van der Waals surface area contributed by atoms with Crippen LogP contribution in [0.15, 0.2) is 0 Å². The number of carbonyl (C=O) groups is 1. The number of ketones is 1. The summed E-state index contributed by atoms with van der Waals surface area (Å²) >= 11 is 0. The molecule has 150 valence electrons. The lowest BCUT2D eigenvalue weighted by molar-refractivity contribution is -0.192. The van der Waals surface area contributed by atoms with Crippen molar-refractivity contribution in [3.63, 3.8) is 0 Å². The third kappa shape index (κ3) is 2.62. The zero-order chi connectivity index (χ0) is 19.3. The Morgan fingerprint density at radius 2 is 1.81 bits per heavy atom. The fraction of sp³-hybridized carbons (Fsp3) is 0.955. The Hall–Kier alpha value is -0.450. The Kier molecular flexibility index (Phi) is 5.35. The first kappa shape index (κ1) is 20.3. The van der Waals surface area contributed by atoms with Crippen LogP contribution >= 0.6 is 0 Å². The van der Waals surface area contributed by atoms with Crippen molar-refractivity contribution in [3.05, 3.63) is 0 Å². The quantitative estimate of drug-likeness (QED) is 0.821. The molecule has 8 atom stereocenters. The fourth-order valence-electron chi connectivity index (χ4n) is 7.08. The van der Waals surface area contributed by atoms with Crippen LogP contribution in [0, 0.1) is 34.0 Å². The van der Waals surface area contributed by atoms with Gasteiger partial charge in [-0.05, 0) is 55.8 Å². The van der Waals surface area contributed by atoms with Gasteiger partial charge in [0.2, 0.25) is 0 Å². The van der Waals surface area contributed by atoms with Gasteiger partial charge in [0, 0.05) is 37.6 Å². The first-order valence-corrected chi connectivity index (χ1v) is 10.4. The van der Waals surface area contributed by atoms with E-state index in [-0.39, 0.29) is 28.8 Å². The Bertz CT molecular complexity index is 548. The minimum absolute atomic E-state index is 0.00818. The highest BCUT2D eigenvalue weighted by atomic mass is 16.5. The summed E-state index contributed by atoms with van der Waals surface area (Å²) in [6.07, 6.45) is 5.08. The van der Waals surface area contributed by atoms with E-state index in [4.69, 9.17) is 9.47 Å². The average Bonchev–Trinajstić information content (AvgIpc) is 3.02. The van der Waals surface area contributed by atoms with Gasteiger partial charge in [0.25, 0.3) is 0 Å². The van der Waals surface area contributed by atoms with Crippen molar-refractivity contribution < 1.29 is 19.4 Å². The number of aliphatic hydroxyl groups excluding tert-OH is 1. The van der Waals surface area contributed by atoms with Crippen LogP contribution in [0.1, 0.15) is 66.2 Å². The van der Waals surface area contributed by atoms with E-state index >= 15 is 0 Å². The molecule has 2 unspecified atom stereocenters.